The fourth-order valence-corrected chi connectivity index (χ4v) is 5.43. The number of rotatable bonds is 6. The van der Waals surface area contributed by atoms with Crippen molar-refractivity contribution in [1.29, 1.82) is 0 Å². The van der Waals surface area contributed by atoms with E-state index < -0.39 is 16.0 Å². The van der Waals surface area contributed by atoms with Crippen molar-refractivity contribution in [3.63, 3.8) is 0 Å². The fourth-order valence-electron chi connectivity index (χ4n) is 3.24. The van der Waals surface area contributed by atoms with Crippen LogP contribution in [0.25, 0.3) is 11.3 Å². The quantitative estimate of drug-likeness (QED) is 0.287. The third-order valence-corrected chi connectivity index (χ3v) is 7.26. The minimum atomic E-state index is -3.82. The molecule has 0 atom stereocenters. The number of sulfonamides is 1. The van der Waals surface area contributed by atoms with Crippen LogP contribution in [0.5, 0.6) is 5.75 Å². The van der Waals surface area contributed by atoms with Gasteiger partial charge >= 0.3 is 5.97 Å². The van der Waals surface area contributed by atoms with Crippen molar-refractivity contribution in [2.75, 3.05) is 0 Å². The lowest BCUT2D eigenvalue weighted by atomic mass is 10.1. The molecule has 3 aromatic carbocycles. The zero-order valence-corrected chi connectivity index (χ0v) is 19.8. The zero-order valence-electron chi connectivity index (χ0n) is 18.1. The Morgan fingerprint density at radius 3 is 2.27 bits per heavy atom. The lowest BCUT2D eigenvalue weighted by Gasteiger charge is -2.08. The Kier molecular flexibility index (Phi) is 6.57. The summed E-state index contributed by atoms with van der Waals surface area (Å²) in [6, 6.07) is 22.5. The Bertz CT molecular complexity index is 1440. The average molecular weight is 479 g/mol. The molecule has 0 unspecified atom stereocenters. The van der Waals surface area contributed by atoms with E-state index in [0.717, 1.165) is 16.8 Å². The first kappa shape index (κ1) is 22.7. The van der Waals surface area contributed by atoms with Gasteiger partial charge in [0.1, 0.15) is 5.75 Å². The number of esters is 1. The summed E-state index contributed by atoms with van der Waals surface area (Å²) < 4.78 is 36.9. The van der Waals surface area contributed by atoms with Gasteiger partial charge in [0.25, 0.3) is 10.0 Å². The first-order valence-corrected chi connectivity index (χ1v) is 12.6. The SMILES string of the molecule is CCn1c(-c2ccc(OC(=O)c3ccccc3)cc2)cs/c1=N/S(=O)(=O)c1ccc(C)cc1. The summed E-state index contributed by atoms with van der Waals surface area (Å²) in [4.78, 5) is 12.8. The summed E-state index contributed by atoms with van der Waals surface area (Å²) in [5.74, 6) is 0.00245. The van der Waals surface area contributed by atoms with Gasteiger partial charge in [0.15, 0.2) is 0 Å². The zero-order chi connectivity index (χ0) is 23.4. The van der Waals surface area contributed by atoms with Gasteiger partial charge in [-0.25, -0.2) is 4.79 Å². The van der Waals surface area contributed by atoms with Crippen LogP contribution in [0, 0.1) is 6.92 Å². The van der Waals surface area contributed by atoms with Gasteiger partial charge in [-0.2, -0.15) is 8.42 Å². The van der Waals surface area contributed by atoms with Gasteiger partial charge in [-0.3, -0.25) is 0 Å². The molecule has 0 spiro atoms. The van der Waals surface area contributed by atoms with Crippen LogP contribution in [-0.4, -0.2) is 19.0 Å². The topological polar surface area (TPSA) is 77.7 Å². The smallest absolute Gasteiger partial charge is 0.343 e. The van der Waals surface area contributed by atoms with Crippen LogP contribution in [0.4, 0.5) is 0 Å². The highest BCUT2D eigenvalue weighted by molar-refractivity contribution is 7.90. The average Bonchev–Trinajstić information content (AvgIpc) is 3.22. The van der Waals surface area contributed by atoms with Gasteiger partial charge in [0.2, 0.25) is 4.80 Å². The lowest BCUT2D eigenvalue weighted by Crippen LogP contribution is -2.17. The number of aryl methyl sites for hydroxylation is 1. The van der Waals surface area contributed by atoms with Crippen LogP contribution in [0.2, 0.25) is 0 Å². The van der Waals surface area contributed by atoms with Gasteiger partial charge < -0.3 is 9.30 Å². The van der Waals surface area contributed by atoms with Crippen LogP contribution in [0.3, 0.4) is 0 Å². The molecule has 0 fully saturated rings. The van der Waals surface area contributed by atoms with Crippen molar-refractivity contribution in [1.82, 2.24) is 4.57 Å². The van der Waals surface area contributed by atoms with Crippen LogP contribution >= 0.6 is 11.3 Å². The van der Waals surface area contributed by atoms with Gasteiger partial charge in [-0.1, -0.05) is 35.9 Å². The van der Waals surface area contributed by atoms with E-state index in [9.17, 15) is 13.2 Å². The summed E-state index contributed by atoms with van der Waals surface area (Å²) >= 11 is 1.26. The molecule has 6 nitrogen and oxygen atoms in total. The normalized spacial score (nSPS) is 12.0. The Balaban J connectivity index is 1.61. The molecular weight excluding hydrogens is 456 g/mol. The number of carbonyl (C=O) groups is 1. The lowest BCUT2D eigenvalue weighted by molar-refractivity contribution is 0.0734. The van der Waals surface area contributed by atoms with Crippen LogP contribution in [0.15, 0.2) is 93.5 Å². The molecule has 0 aliphatic rings. The molecule has 0 radical (unpaired) electrons. The molecule has 4 rings (SSSR count). The number of nitrogens with zero attached hydrogens (tertiary/aromatic N) is 2. The Morgan fingerprint density at radius 1 is 0.970 bits per heavy atom. The van der Waals surface area contributed by atoms with Crippen molar-refractivity contribution in [3.8, 4) is 17.0 Å². The standard InChI is InChI=1S/C25H22N2O4S2/c1-3-27-23(17-32-25(27)26-33(29,30)22-15-9-18(2)10-16-22)19-11-13-21(14-12-19)31-24(28)20-7-5-4-6-8-20/h4-17H,3H2,1-2H3/b26-25+. The minimum Gasteiger partial charge on any atom is -0.423 e. The van der Waals surface area contributed by atoms with Crippen molar-refractivity contribution in [3.05, 3.63) is 100 Å². The second-order valence-electron chi connectivity index (χ2n) is 7.31. The fraction of sp³-hybridized carbons (Fsp3) is 0.120. The number of carbonyl (C=O) groups excluding carboxylic acids is 1. The van der Waals surface area contributed by atoms with E-state index in [-0.39, 0.29) is 4.90 Å². The highest BCUT2D eigenvalue weighted by Gasteiger charge is 2.15. The van der Waals surface area contributed by atoms with Gasteiger partial charge in [0.05, 0.1) is 16.2 Å². The predicted octanol–water partition coefficient (Wildman–Crippen LogP) is 5.05. The van der Waals surface area contributed by atoms with Crippen LogP contribution in [0.1, 0.15) is 22.8 Å². The number of hydrogen-bond acceptors (Lipinski definition) is 5. The van der Waals surface area contributed by atoms with E-state index in [1.807, 2.05) is 42.0 Å². The Hall–Kier alpha value is -3.49. The molecule has 4 aromatic rings. The molecule has 1 heterocycles. The second kappa shape index (κ2) is 9.56. The molecule has 0 aliphatic heterocycles. The molecule has 0 aliphatic carbocycles. The largest absolute Gasteiger partial charge is 0.423 e. The van der Waals surface area contributed by atoms with E-state index in [2.05, 4.69) is 4.40 Å². The summed E-state index contributed by atoms with van der Waals surface area (Å²) in [6.07, 6.45) is 0. The minimum absolute atomic E-state index is 0.162. The van der Waals surface area contributed by atoms with Gasteiger partial charge in [-0.05, 0) is 67.9 Å². The Morgan fingerprint density at radius 2 is 1.64 bits per heavy atom. The van der Waals surface area contributed by atoms with Crippen LogP contribution < -0.4 is 9.54 Å². The molecule has 0 saturated heterocycles. The summed E-state index contributed by atoms with van der Waals surface area (Å²) in [7, 11) is -3.82. The maximum absolute atomic E-state index is 12.8. The second-order valence-corrected chi connectivity index (χ2v) is 9.75. The number of aromatic nitrogens is 1. The maximum Gasteiger partial charge on any atom is 0.343 e. The highest BCUT2D eigenvalue weighted by Crippen LogP contribution is 2.24. The molecular formula is C25H22N2O4S2. The number of ether oxygens (including phenoxy) is 1. The molecule has 168 valence electrons. The van der Waals surface area contributed by atoms with E-state index in [1.165, 1.54) is 11.3 Å². The van der Waals surface area contributed by atoms with E-state index in [1.54, 1.807) is 60.7 Å². The third-order valence-electron chi connectivity index (χ3n) is 5.00. The van der Waals surface area contributed by atoms with Crippen LogP contribution in [-0.2, 0) is 16.6 Å². The monoisotopic (exact) mass is 478 g/mol. The first-order chi connectivity index (χ1) is 15.9. The molecule has 8 heteroatoms. The third kappa shape index (κ3) is 5.13. The summed E-state index contributed by atoms with van der Waals surface area (Å²) in [6.45, 7) is 4.38. The predicted molar refractivity (Wildman–Crippen MR) is 129 cm³/mol. The van der Waals surface area contributed by atoms with E-state index >= 15 is 0 Å². The van der Waals surface area contributed by atoms with E-state index in [0.29, 0.717) is 22.7 Å². The van der Waals surface area contributed by atoms with Crippen molar-refractivity contribution in [2.45, 2.75) is 25.3 Å². The van der Waals surface area contributed by atoms with Crippen molar-refractivity contribution < 1.29 is 17.9 Å². The first-order valence-electron chi connectivity index (χ1n) is 10.3. The van der Waals surface area contributed by atoms with Gasteiger partial charge in [-0.15, -0.1) is 15.7 Å². The molecule has 33 heavy (non-hydrogen) atoms. The Labute approximate surface area is 196 Å². The molecule has 0 saturated carbocycles. The van der Waals surface area contributed by atoms with Crippen molar-refractivity contribution >= 4 is 27.3 Å². The molecule has 1 aromatic heterocycles. The molecule has 0 N–H and O–H groups in total. The number of benzene rings is 3. The summed E-state index contributed by atoms with van der Waals surface area (Å²) in [5.41, 5.74) is 3.15. The van der Waals surface area contributed by atoms with Gasteiger partial charge in [0, 0.05) is 11.9 Å². The number of thiazole rings is 1. The summed E-state index contributed by atoms with van der Waals surface area (Å²) in [5, 5.41) is 1.87. The van der Waals surface area contributed by atoms with Crippen molar-refractivity contribution in [2.24, 2.45) is 4.40 Å². The highest BCUT2D eigenvalue weighted by atomic mass is 32.2. The number of hydrogen-bond donors (Lipinski definition) is 0. The van der Waals surface area contributed by atoms with E-state index in [4.69, 9.17) is 4.74 Å². The molecule has 0 bridgehead atoms. The maximum atomic E-state index is 12.8. The molecule has 0 amide bonds.